The maximum Gasteiger partial charge on any atom is 0.142 e. The molecule has 0 bridgehead atoms. The van der Waals surface area contributed by atoms with Crippen molar-refractivity contribution in [2.75, 3.05) is 19.6 Å². The minimum atomic E-state index is 0.292. The lowest BCUT2D eigenvalue weighted by molar-refractivity contribution is 0.189. The highest BCUT2D eigenvalue weighted by atomic mass is 15.2. The molecule has 1 aromatic heterocycles. The van der Waals surface area contributed by atoms with E-state index in [1.165, 1.54) is 6.42 Å². The molecule has 1 N–H and O–H groups in total. The summed E-state index contributed by atoms with van der Waals surface area (Å²) in [6.07, 6.45) is 4.83. The summed E-state index contributed by atoms with van der Waals surface area (Å²) < 4.78 is 0. The maximum atomic E-state index is 4.32. The first-order valence-corrected chi connectivity index (χ1v) is 6.77. The van der Waals surface area contributed by atoms with Crippen LogP contribution in [0, 0.1) is 5.41 Å². The summed E-state index contributed by atoms with van der Waals surface area (Å²) in [4.78, 5) is 11.1. The summed E-state index contributed by atoms with van der Waals surface area (Å²) >= 11 is 0. The zero-order chi connectivity index (χ0) is 13.0. The Balaban J connectivity index is 1.99. The van der Waals surface area contributed by atoms with E-state index < -0.39 is 0 Å². The van der Waals surface area contributed by atoms with E-state index in [4.69, 9.17) is 0 Å². The van der Waals surface area contributed by atoms with Crippen molar-refractivity contribution in [3.8, 4) is 0 Å². The lowest BCUT2D eigenvalue weighted by atomic mass is 9.86. The molecule has 0 aromatic carbocycles. The Labute approximate surface area is 110 Å². The van der Waals surface area contributed by atoms with E-state index in [9.17, 15) is 0 Å². The smallest absolute Gasteiger partial charge is 0.142 e. The highest BCUT2D eigenvalue weighted by molar-refractivity contribution is 4.91. The average Bonchev–Trinajstić information content (AvgIpc) is 2.55. The monoisotopic (exact) mass is 248 g/mol. The zero-order valence-corrected chi connectivity index (χ0v) is 11.7. The van der Waals surface area contributed by atoms with Gasteiger partial charge in [0.25, 0.3) is 0 Å². The van der Waals surface area contributed by atoms with Gasteiger partial charge in [0.2, 0.25) is 0 Å². The summed E-state index contributed by atoms with van der Waals surface area (Å²) in [5, 5.41) is 3.65. The van der Waals surface area contributed by atoms with Crippen LogP contribution in [0.2, 0.25) is 0 Å². The van der Waals surface area contributed by atoms with Gasteiger partial charge in [-0.1, -0.05) is 20.8 Å². The molecule has 18 heavy (non-hydrogen) atoms. The van der Waals surface area contributed by atoms with Crippen LogP contribution in [0.25, 0.3) is 0 Å². The largest absolute Gasteiger partial charge is 0.312 e. The van der Waals surface area contributed by atoms with Gasteiger partial charge in [-0.05, 0) is 31.0 Å². The van der Waals surface area contributed by atoms with Gasteiger partial charge in [-0.15, -0.1) is 0 Å². The molecule has 1 aliphatic rings. The second-order valence-electron chi connectivity index (χ2n) is 6.13. The molecule has 1 atom stereocenters. The van der Waals surface area contributed by atoms with E-state index in [-0.39, 0.29) is 0 Å². The van der Waals surface area contributed by atoms with Gasteiger partial charge in [-0.25, -0.2) is 9.97 Å². The van der Waals surface area contributed by atoms with Crippen molar-refractivity contribution in [2.24, 2.45) is 5.41 Å². The van der Waals surface area contributed by atoms with Crippen LogP contribution in [0.15, 0.2) is 18.5 Å². The lowest BCUT2D eigenvalue weighted by Gasteiger charge is -2.33. The van der Waals surface area contributed by atoms with Crippen LogP contribution >= 0.6 is 0 Å². The Morgan fingerprint density at radius 3 is 2.72 bits per heavy atom. The third kappa shape index (κ3) is 3.75. The Morgan fingerprint density at radius 2 is 2.06 bits per heavy atom. The predicted octanol–water partition coefficient (Wildman–Crippen LogP) is 1.69. The summed E-state index contributed by atoms with van der Waals surface area (Å²) in [7, 11) is 0. The minimum absolute atomic E-state index is 0.292. The SMILES string of the molecule is CC(C)(C)C1CN(Cc2ncccn2)CCCN1. The van der Waals surface area contributed by atoms with Gasteiger partial charge in [0.1, 0.15) is 5.82 Å². The second kappa shape index (κ2) is 5.76. The summed E-state index contributed by atoms with van der Waals surface area (Å²) in [5.41, 5.74) is 0.292. The Kier molecular flexibility index (Phi) is 4.30. The fourth-order valence-electron chi connectivity index (χ4n) is 2.33. The van der Waals surface area contributed by atoms with Gasteiger partial charge >= 0.3 is 0 Å². The minimum Gasteiger partial charge on any atom is -0.312 e. The number of rotatable bonds is 2. The lowest BCUT2D eigenvalue weighted by Crippen LogP contribution is -2.46. The highest BCUT2D eigenvalue weighted by Gasteiger charge is 2.28. The molecule has 4 heteroatoms. The number of nitrogens with zero attached hydrogens (tertiary/aromatic N) is 3. The van der Waals surface area contributed by atoms with Crippen molar-refractivity contribution in [3.63, 3.8) is 0 Å². The molecule has 0 amide bonds. The predicted molar refractivity (Wildman–Crippen MR) is 73.2 cm³/mol. The number of aromatic nitrogens is 2. The molecular formula is C14H24N4. The molecule has 1 aliphatic heterocycles. The first kappa shape index (κ1) is 13.4. The molecule has 4 nitrogen and oxygen atoms in total. The van der Waals surface area contributed by atoms with Crippen LogP contribution in [-0.2, 0) is 6.54 Å². The number of hydrogen-bond donors (Lipinski definition) is 1. The van der Waals surface area contributed by atoms with Crippen LogP contribution in [0.1, 0.15) is 33.0 Å². The Hall–Kier alpha value is -1.00. The quantitative estimate of drug-likeness (QED) is 0.864. The van der Waals surface area contributed by atoms with E-state index in [0.29, 0.717) is 11.5 Å². The van der Waals surface area contributed by atoms with Gasteiger partial charge in [0.15, 0.2) is 0 Å². The average molecular weight is 248 g/mol. The van der Waals surface area contributed by atoms with E-state index in [1.807, 2.05) is 18.5 Å². The topological polar surface area (TPSA) is 41.1 Å². The van der Waals surface area contributed by atoms with Gasteiger partial charge in [0.05, 0.1) is 6.54 Å². The maximum absolute atomic E-state index is 4.32. The molecule has 0 radical (unpaired) electrons. The molecule has 0 aliphatic carbocycles. The number of hydrogen-bond acceptors (Lipinski definition) is 4. The van der Waals surface area contributed by atoms with Gasteiger partial charge in [-0.2, -0.15) is 0 Å². The molecule has 1 unspecified atom stereocenters. The molecule has 1 saturated heterocycles. The van der Waals surface area contributed by atoms with Gasteiger partial charge in [-0.3, -0.25) is 4.90 Å². The molecule has 100 valence electrons. The van der Waals surface area contributed by atoms with Crippen molar-refractivity contribution in [1.82, 2.24) is 20.2 Å². The van der Waals surface area contributed by atoms with Crippen molar-refractivity contribution in [2.45, 2.75) is 39.8 Å². The molecular weight excluding hydrogens is 224 g/mol. The molecule has 1 fully saturated rings. The van der Waals surface area contributed by atoms with Crippen LogP contribution in [0.5, 0.6) is 0 Å². The molecule has 2 heterocycles. The van der Waals surface area contributed by atoms with Crippen molar-refractivity contribution >= 4 is 0 Å². The van der Waals surface area contributed by atoms with Crippen LogP contribution < -0.4 is 5.32 Å². The molecule has 1 aromatic rings. The Morgan fingerprint density at radius 1 is 1.33 bits per heavy atom. The van der Waals surface area contributed by atoms with Crippen molar-refractivity contribution in [1.29, 1.82) is 0 Å². The number of nitrogens with one attached hydrogen (secondary N) is 1. The molecule has 2 rings (SSSR count). The normalized spacial score (nSPS) is 22.7. The van der Waals surface area contributed by atoms with E-state index in [1.54, 1.807) is 0 Å². The fourth-order valence-corrected chi connectivity index (χ4v) is 2.33. The van der Waals surface area contributed by atoms with Crippen LogP contribution in [-0.4, -0.2) is 40.5 Å². The third-order valence-corrected chi connectivity index (χ3v) is 3.51. The standard InChI is InChI=1S/C14H24N4/c1-14(2,3)12-10-18(9-5-8-15-12)11-13-16-6-4-7-17-13/h4,6-7,12,15H,5,8-11H2,1-3H3. The second-order valence-corrected chi connectivity index (χ2v) is 6.13. The first-order chi connectivity index (χ1) is 8.55. The van der Waals surface area contributed by atoms with E-state index >= 15 is 0 Å². The van der Waals surface area contributed by atoms with Crippen molar-refractivity contribution in [3.05, 3.63) is 24.3 Å². The van der Waals surface area contributed by atoms with E-state index in [2.05, 4.69) is 41.0 Å². The molecule has 0 saturated carbocycles. The molecule has 0 spiro atoms. The van der Waals surface area contributed by atoms with Crippen molar-refractivity contribution < 1.29 is 0 Å². The summed E-state index contributed by atoms with van der Waals surface area (Å²) in [6, 6.07) is 2.40. The fraction of sp³-hybridized carbons (Fsp3) is 0.714. The summed E-state index contributed by atoms with van der Waals surface area (Å²) in [6.45, 7) is 11.1. The third-order valence-electron chi connectivity index (χ3n) is 3.51. The van der Waals surface area contributed by atoms with Crippen LogP contribution in [0.3, 0.4) is 0 Å². The van der Waals surface area contributed by atoms with Crippen LogP contribution in [0.4, 0.5) is 0 Å². The van der Waals surface area contributed by atoms with E-state index in [0.717, 1.165) is 32.0 Å². The Bertz CT molecular complexity index is 358. The first-order valence-electron chi connectivity index (χ1n) is 6.77. The highest BCUT2D eigenvalue weighted by Crippen LogP contribution is 2.22. The van der Waals surface area contributed by atoms with Gasteiger partial charge in [0, 0.05) is 25.0 Å². The summed E-state index contributed by atoms with van der Waals surface area (Å²) in [5.74, 6) is 0.923. The van der Waals surface area contributed by atoms with Gasteiger partial charge < -0.3 is 5.32 Å². The zero-order valence-electron chi connectivity index (χ0n) is 11.7.